The van der Waals surface area contributed by atoms with Crippen LogP contribution in [0.4, 0.5) is 11.4 Å². The summed E-state index contributed by atoms with van der Waals surface area (Å²) >= 11 is 5.13. The Hall–Kier alpha value is -1.57. The van der Waals surface area contributed by atoms with E-state index in [2.05, 4.69) is 21.4 Å². The van der Waals surface area contributed by atoms with Crippen LogP contribution in [0, 0.1) is 10.1 Å². The second kappa shape index (κ2) is 6.74. The van der Waals surface area contributed by atoms with Crippen molar-refractivity contribution in [3.8, 4) is 0 Å². The molecular weight excluding hydrogens is 342 g/mol. The number of hydrogen-bond acceptors (Lipinski definition) is 5. The van der Waals surface area contributed by atoms with Crippen molar-refractivity contribution in [2.75, 3.05) is 5.43 Å². The third-order valence-corrected chi connectivity index (χ3v) is 4.74. The number of rotatable bonds is 5. The summed E-state index contributed by atoms with van der Waals surface area (Å²) in [5, 5.41) is 10.8. The van der Waals surface area contributed by atoms with Gasteiger partial charge in [-0.2, -0.15) is 0 Å². The Morgan fingerprint density at radius 2 is 2.05 bits per heavy atom. The number of anilines is 1. The van der Waals surface area contributed by atoms with E-state index in [0.29, 0.717) is 11.4 Å². The number of nitro groups is 1. The first kappa shape index (κ1) is 14.8. The molecule has 0 aliphatic carbocycles. The van der Waals surface area contributed by atoms with Crippen LogP contribution < -0.4 is 11.3 Å². The van der Waals surface area contributed by atoms with Crippen LogP contribution >= 0.6 is 27.7 Å². The first-order valence-corrected chi connectivity index (χ1v) is 7.51. The van der Waals surface area contributed by atoms with Crippen LogP contribution in [-0.2, 0) is 5.75 Å². The number of hydrogen-bond donors (Lipinski definition) is 2. The van der Waals surface area contributed by atoms with E-state index < -0.39 is 4.92 Å². The molecule has 0 amide bonds. The third-order valence-electron chi connectivity index (χ3n) is 2.64. The van der Waals surface area contributed by atoms with Gasteiger partial charge in [-0.05, 0) is 39.7 Å². The molecule has 3 N–H and O–H groups in total. The van der Waals surface area contributed by atoms with Crippen LogP contribution in [0.15, 0.2) is 51.8 Å². The number of thioether (sulfide) groups is 1. The molecule has 7 heteroatoms. The summed E-state index contributed by atoms with van der Waals surface area (Å²) in [5.41, 5.74) is 3.62. The predicted molar refractivity (Wildman–Crippen MR) is 84.6 cm³/mol. The second-order valence-electron chi connectivity index (χ2n) is 3.97. The molecule has 0 aliphatic heterocycles. The summed E-state index contributed by atoms with van der Waals surface area (Å²) in [6, 6.07) is 12.8. The summed E-state index contributed by atoms with van der Waals surface area (Å²) in [7, 11) is 0. The van der Waals surface area contributed by atoms with Crippen molar-refractivity contribution < 1.29 is 4.92 Å². The molecule has 2 aromatic carbocycles. The molecule has 0 aromatic heterocycles. The third kappa shape index (κ3) is 3.50. The first-order valence-electron chi connectivity index (χ1n) is 5.73. The van der Waals surface area contributed by atoms with E-state index in [1.807, 2.05) is 24.3 Å². The van der Waals surface area contributed by atoms with Gasteiger partial charge in [0.15, 0.2) is 0 Å². The molecule has 0 radical (unpaired) electrons. The lowest BCUT2D eigenvalue weighted by Gasteiger charge is -2.07. The molecule has 0 unspecified atom stereocenters. The summed E-state index contributed by atoms with van der Waals surface area (Å²) < 4.78 is 1.03. The number of nitrogens with two attached hydrogens (primary N) is 1. The number of halogens is 1. The van der Waals surface area contributed by atoms with E-state index in [1.165, 1.54) is 6.07 Å². The van der Waals surface area contributed by atoms with Crippen molar-refractivity contribution in [3.63, 3.8) is 0 Å². The lowest BCUT2D eigenvalue weighted by molar-refractivity contribution is -0.384. The molecule has 0 fully saturated rings. The van der Waals surface area contributed by atoms with Crippen LogP contribution in [0.25, 0.3) is 0 Å². The minimum atomic E-state index is -0.458. The number of hydrazine groups is 1. The number of nitrogens with zero attached hydrogens (tertiary/aromatic N) is 1. The molecule has 0 aliphatic rings. The van der Waals surface area contributed by atoms with Crippen molar-refractivity contribution in [3.05, 3.63) is 62.6 Å². The minimum Gasteiger partial charge on any atom is -0.318 e. The van der Waals surface area contributed by atoms with Crippen molar-refractivity contribution in [1.82, 2.24) is 0 Å². The van der Waals surface area contributed by atoms with Gasteiger partial charge in [0.1, 0.15) is 5.69 Å². The zero-order chi connectivity index (χ0) is 14.5. The Bertz CT molecular complexity index is 637. The maximum Gasteiger partial charge on any atom is 0.293 e. The Kier molecular flexibility index (Phi) is 4.99. The Labute approximate surface area is 128 Å². The predicted octanol–water partition coefficient (Wildman–Crippen LogP) is 3.94. The SMILES string of the molecule is NNc1cc(CSc2ccccc2Br)ccc1[N+](=O)[O-]. The summed E-state index contributed by atoms with van der Waals surface area (Å²) in [4.78, 5) is 11.5. The number of nitro benzene ring substituents is 1. The molecule has 0 bridgehead atoms. The van der Waals surface area contributed by atoms with Crippen molar-refractivity contribution in [2.45, 2.75) is 10.6 Å². The van der Waals surface area contributed by atoms with Gasteiger partial charge in [0.05, 0.1) is 4.92 Å². The zero-order valence-corrected chi connectivity index (χ0v) is 12.8. The molecule has 0 heterocycles. The fourth-order valence-corrected chi connectivity index (χ4v) is 3.18. The van der Waals surface area contributed by atoms with Crippen molar-refractivity contribution in [1.29, 1.82) is 0 Å². The van der Waals surface area contributed by atoms with Gasteiger partial charge in [0, 0.05) is 21.2 Å². The number of benzene rings is 2. The van der Waals surface area contributed by atoms with E-state index in [1.54, 1.807) is 23.9 Å². The molecule has 2 aromatic rings. The molecule has 20 heavy (non-hydrogen) atoms. The Morgan fingerprint density at radius 1 is 1.30 bits per heavy atom. The molecule has 0 spiro atoms. The van der Waals surface area contributed by atoms with Gasteiger partial charge in [-0.15, -0.1) is 11.8 Å². The molecule has 0 atom stereocenters. The lowest BCUT2D eigenvalue weighted by atomic mass is 10.2. The largest absolute Gasteiger partial charge is 0.318 e. The van der Waals surface area contributed by atoms with Crippen LogP contribution in [-0.4, -0.2) is 4.92 Å². The number of nitrogen functional groups attached to an aromatic ring is 1. The summed E-state index contributed by atoms with van der Waals surface area (Å²) in [6.45, 7) is 0. The highest BCUT2D eigenvalue weighted by Gasteiger charge is 2.13. The van der Waals surface area contributed by atoms with E-state index >= 15 is 0 Å². The van der Waals surface area contributed by atoms with Crippen molar-refractivity contribution in [2.24, 2.45) is 5.84 Å². The maximum absolute atomic E-state index is 10.8. The minimum absolute atomic E-state index is 0.0258. The van der Waals surface area contributed by atoms with Gasteiger partial charge in [-0.1, -0.05) is 18.2 Å². The van der Waals surface area contributed by atoms with E-state index in [-0.39, 0.29) is 5.69 Å². The zero-order valence-electron chi connectivity index (χ0n) is 10.4. The van der Waals surface area contributed by atoms with Crippen LogP contribution in [0.3, 0.4) is 0 Å². The quantitative estimate of drug-likeness (QED) is 0.368. The first-order chi connectivity index (χ1) is 9.61. The van der Waals surface area contributed by atoms with E-state index in [0.717, 1.165) is 14.9 Å². The topological polar surface area (TPSA) is 81.2 Å². The molecule has 104 valence electrons. The highest BCUT2D eigenvalue weighted by Crippen LogP contribution is 2.32. The summed E-state index contributed by atoms with van der Waals surface area (Å²) in [5.74, 6) is 6.02. The fourth-order valence-electron chi connectivity index (χ4n) is 1.67. The fraction of sp³-hybridized carbons (Fsp3) is 0.0769. The second-order valence-corrected chi connectivity index (χ2v) is 5.84. The average Bonchev–Trinajstić information content (AvgIpc) is 2.46. The van der Waals surface area contributed by atoms with Gasteiger partial charge in [-0.3, -0.25) is 16.0 Å². The van der Waals surface area contributed by atoms with Crippen LogP contribution in [0.2, 0.25) is 0 Å². The van der Waals surface area contributed by atoms with Gasteiger partial charge in [-0.25, -0.2) is 0 Å². The molecule has 5 nitrogen and oxygen atoms in total. The van der Waals surface area contributed by atoms with Gasteiger partial charge < -0.3 is 5.43 Å². The summed E-state index contributed by atoms with van der Waals surface area (Å²) in [6.07, 6.45) is 0. The van der Waals surface area contributed by atoms with Gasteiger partial charge in [0.2, 0.25) is 0 Å². The standard InChI is InChI=1S/C13H12BrN3O2S/c14-10-3-1-2-4-13(10)20-8-9-5-6-12(17(18)19)11(7-9)16-15/h1-7,16H,8,15H2. The highest BCUT2D eigenvalue weighted by atomic mass is 79.9. The number of nitrogens with one attached hydrogen (secondary N) is 1. The molecular formula is C13H12BrN3O2S. The van der Waals surface area contributed by atoms with Crippen LogP contribution in [0.1, 0.15) is 5.56 Å². The Morgan fingerprint density at radius 3 is 2.70 bits per heavy atom. The van der Waals surface area contributed by atoms with Crippen LogP contribution in [0.5, 0.6) is 0 Å². The van der Waals surface area contributed by atoms with E-state index in [4.69, 9.17) is 5.84 Å². The van der Waals surface area contributed by atoms with Gasteiger partial charge >= 0.3 is 0 Å². The molecule has 0 saturated heterocycles. The molecule has 0 saturated carbocycles. The smallest absolute Gasteiger partial charge is 0.293 e. The maximum atomic E-state index is 10.8. The van der Waals surface area contributed by atoms with Crippen molar-refractivity contribution >= 4 is 39.1 Å². The lowest BCUT2D eigenvalue weighted by Crippen LogP contribution is -2.09. The normalized spacial score (nSPS) is 10.3. The monoisotopic (exact) mass is 353 g/mol. The Balaban J connectivity index is 2.15. The highest BCUT2D eigenvalue weighted by molar-refractivity contribution is 9.10. The average molecular weight is 354 g/mol. The van der Waals surface area contributed by atoms with E-state index in [9.17, 15) is 10.1 Å². The molecule has 2 rings (SSSR count). The van der Waals surface area contributed by atoms with Gasteiger partial charge in [0.25, 0.3) is 5.69 Å².